The van der Waals surface area contributed by atoms with Crippen LogP contribution in [0, 0.1) is 5.92 Å². The molecule has 2 rings (SSSR count). The highest BCUT2D eigenvalue weighted by atomic mass is 16.6. The number of hydrogen-bond acceptors (Lipinski definition) is 11. The van der Waals surface area contributed by atoms with Crippen LogP contribution in [0.4, 0.5) is 15.3 Å². The van der Waals surface area contributed by atoms with E-state index in [4.69, 9.17) is 15.2 Å². The minimum absolute atomic E-state index is 0.0337. The fourth-order valence-electron chi connectivity index (χ4n) is 5.02. The van der Waals surface area contributed by atoms with E-state index in [0.717, 1.165) is 17.1 Å². The second-order valence-corrected chi connectivity index (χ2v) is 14.9. The van der Waals surface area contributed by atoms with Gasteiger partial charge in [0.2, 0.25) is 17.7 Å². The third-order valence-corrected chi connectivity index (χ3v) is 7.50. The molecule has 18 nitrogen and oxygen atoms in total. The fourth-order valence-corrected chi connectivity index (χ4v) is 5.02. The molecule has 0 aliphatic carbocycles. The van der Waals surface area contributed by atoms with Crippen LogP contribution in [0.1, 0.15) is 73.8 Å². The number of carbonyl (C=O) groups excluding carboxylic acids is 8. The van der Waals surface area contributed by atoms with E-state index < -0.39 is 96.0 Å². The van der Waals surface area contributed by atoms with Gasteiger partial charge in [-0.3, -0.25) is 38.6 Å². The van der Waals surface area contributed by atoms with E-state index in [1.54, 1.807) is 79.7 Å². The first-order chi connectivity index (χ1) is 25.0. The highest BCUT2D eigenvalue weighted by Crippen LogP contribution is 2.18. The van der Waals surface area contributed by atoms with Gasteiger partial charge in [-0.15, -0.1) is 0 Å². The third kappa shape index (κ3) is 14.8. The number of nitrogens with zero attached hydrogens (tertiary/aromatic N) is 2. The summed E-state index contributed by atoms with van der Waals surface area (Å²) in [6.45, 7) is 11.3. The van der Waals surface area contributed by atoms with E-state index in [1.807, 2.05) is 0 Å². The van der Waals surface area contributed by atoms with E-state index in [1.165, 1.54) is 0 Å². The highest BCUT2D eigenvalue weighted by Gasteiger charge is 2.41. The van der Waals surface area contributed by atoms with E-state index >= 15 is 0 Å². The first-order valence-electron chi connectivity index (χ1n) is 17.4. The molecule has 1 aliphatic heterocycles. The minimum atomic E-state index is -1.75. The van der Waals surface area contributed by atoms with Crippen molar-refractivity contribution in [3.63, 3.8) is 0 Å². The van der Waals surface area contributed by atoms with Crippen molar-refractivity contribution >= 4 is 53.3 Å². The first kappa shape index (κ1) is 44.6. The van der Waals surface area contributed by atoms with Gasteiger partial charge in [0.25, 0.3) is 11.8 Å². The molecular weight excluding hydrogens is 706 g/mol. The second kappa shape index (κ2) is 19.5. The smallest absolute Gasteiger partial charge is 0.410 e. The van der Waals surface area contributed by atoms with Crippen molar-refractivity contribution < 1.29 is 52.9 Å². The molecular formula is C36H53N7O11. The zero-order valence-electron chi connectivity index (χ0n) is 32.0. The average molecular weight is 760 g/mol. The number of ether oxygens (including phenoxy) is 2. The Labute approximate surface area is 314 Å². The van der Waals surface area contributed by atoms with Gasteiger partial charge in [-0.1, -0.05) is 26.0 Å². The molecule has 8 amide bonds. The predicted octanol–water partition coefficient (Wildman–Crippen LogP) is 1.06. The summed E-state index contributed by atoms with van der Waals surface area (Å²) in [7, 11) is 0. The molecule has 0 aromatic heterocycles. The topological polar surface area (TPSA) is 256 Å². The summed E-state index contributed by atoms with van der Waals surface area (Å²) >= 11 is 0. The van der Waals surface area contributed by atoms with Crippen molar-refractivity contribution in [2.24, 2.45) is 11.7 Å². The number of rotatable bonds is 17. The number of anilines is 1. The molecule has 0 spiro atoms. The van der Waals surface area contributed by atoms with Gasteiger partial charge in [0, 0.05) is 24.4 Å². The summed E-state index contributed by atoms with van der Waals surface area (Å²) in [6.07, 6.45) is 1.09. The summed E-state index contributed by atoms with van der Waals surface area (Å²) in [5.74, 6) is -5.67. The van der Waals surface area contributed by atoms with E-state index in [9.17, 15) is 43.5 Å². The molecule has 0 bridgehead atoms. The van der Waals surface area contributed by atoms with Crippen molar-refractivity contribution in [3.05, 3.63) is 42.0 Å². The molecule has 1 aromatic carbocycles. The SMILES string of the molecule is CC(C)[C@H](NC(=O)[C@H](CN(CC(=O)OC(C)(C)C)C(=O)OC(C)(C)C)N1C(=O)C=CC1=O)C(=O)N[C@H](CCCNC(N)=O)C(=O)Nc1ccc(CO)cc1. The molecule has 0 saturated heterocycles. The molecule has 298 valence electrons. The summed E-state index contributed by atoms with van der Waals surface area (Å²) in [5, 5.41) is 19.6. The summed E-state index contributed by atoms with van der Waals surface area (Å²) in [5.41, 5.74) is 4.15. The number of imide groups is 1. The van der Waals surface area contributed by atoms with Gasteiger partial charge in [0.1, 0.15) is 35.9 Å². The molecule has 7 N–H and O–H groups in total. The number of carbonyl (C=O) groups is 8. The number of aliphatic hydroxyl groups excluding tert-OH is 1. The quantitative estimate of drug-likeness (QED) is 0.0744. The van der Waals surface area contributed by atoms with Crippen LogP contribution >= 0.6 is 0 Å². The van der Waals surface area contributed by atoms with Crippen molar-refractivity contribution in [2.75, 3.05) is 25.0 Å². The Morgan fingerprint density at radius 3 is 1.93 bits per heavy atom. The monoisotopic (exact) mass is 759 g/mol. The molecule has 3 atom stereocenters. The molecule has 0 fully saturated rings. The Kier molecular flexibility index (Phi) is 16.1. The van der Waals surface area contributed by atoms with Gasteiger partial charge in [-0.05, 0) is 78.0 Å². The van der Waals surface area contributed by atoms with E-state index in [-0.39, 0.29) is 26.0 Å². The van der Waals surface area contributed by atoms with E-state index in [0.29, 0.717) is 16.2 Å². The molecule has 0 saturated carbocycles. The number of amides is 8. The Hall–Kier alpha value is -5.52. The Morgan fingerprint density at radius 2 is 1.43 bits per heavy atom. The lowest BCUT2D eigenvalue weighted by molar-refractivity contribution is -0.156. The van der Waals surface area contributed by atoms with Crippen LogP contribution in [0.2, 0.25) is 0 Å². The van der Waals surface area contributed by atoms with Gasteiger partial charge in [0.05, 0.1) is 13.2 Å². The van der Waals surface area contributed by atoms with Crippen LogP contribution in [0.5, 0.6) is 0 Å². The van der Waals surface area contributed by atoms with Crippen LogP contribution in [-0.2, 0) is 44.8 Å². The third-order valence-electron chi connectivity index (χ3n) is 7.50. The largest absolute Gasteiger partial charge is 0.459 e. The Bertz CT molecular complexity index is 1560. The minimum Gasteiger partial charge on any atom is -0.459 e. The van der Waals surface area contributed by atoms with Gasteiger partial charge in [0.15, 0.2) is 0 Å². The summed E-state index contributed by atoms with van der Waals surface area (Å²) in [4.78, 5) is 106. The fraction of sp³-hybridized carbons (Fsp3) is 0.556. The summed E-state index contributed by atoms with van der Waals surface area (Å²) in [6, 6.07) is 1.28. The van der Waals surface area contributed by atoms with Gasteiger partial charge in [-0.25, -0.2) is 9.59 Å². The number of nitrogens with two attached hydrogens (primary N) is 1. The first-order valence-corrected chi connectivity index (χ1v) is 17.4. The van der Waals surface area contributed by atoms with Crippen LogP contribution in [0.15, 0.2) is 36.4 Å². The normalized spacial score (nSPS) is 14.5. The number of hydrogen-bond donors (Lipinski definition) is 6. The molecule has 1 heterocycles. The maximum absolute atomic E-state index is 14.1. The molecule has 18 heteroatoms. The zero-order chi connectivity index (χ0) is 41.0. The van der Waals surface area contributed by atoms with E-state index in [2.05, 4.69) is 21.3 Å². The number of esters is 1. The zero-order valence-corrected chi connectivity index (χ0v) is 32.0. The number of primary amides is 1. The number of aliphatic hydroxyl groups is 1. The van der Waals surface area contributed by atoms with Crippen LogP contribution in [-0.4, -0.2) is 111 Å². The van der Waals surface area contributed by atoms with Gasteiger partial charge < -0.3 is 41.6 Å². The van der Waals surface area contributed by atoms with Crippen LogP contribution < -0.4 is 27.0 Å². The molecule has 1 aromatic rings. The van der Waals surface area contributed by atoms with Crippen molar-refractivity contribution in [3.8, 4) is 0 Å². The highest BCUT2D eigenvalue weighted by molar-refractivity contribution is 6.15. The number of nitrogens with one attached hydrogen (secondary N) is 4. The van der Waals surface area contributed by atoms with Crippen molar-refractivity contribution in [2.45, 2.75) is 104 Å². The number of urea groups is 1. The molecule has 1 aliphatic rings. The average Bonchev–Trinajstić information content (AvgIpc) is 3.38. The Balaban J connectivity index is 2.42. The molecule has 54 heavy (non-hydrogen) atoms. The second-order valence-electron chi connectivity index (χ2n) is 14.9. The molecule has 0 unspecified atom stereocenters. The van der Waals surface area contributed by atoms with Crippen molar-refractivity contribution in [1.82, 2.24) is 25.8 Å². The maximum atomic E-state index is 14.1. The summed E-state index contributed by atoms with van der Waals surface area (Å²) < 4.78 is 10.8. The van der Waals surface area contributed by atoms with Crippen molar-refractivity contribution in [1.29, 1.82) is 0 Å². The van der Waals surface area contributed by atoms with Crippen LogP contribution in [0.3, 0.4) is 0 Å². The Morgan fingerprint density at radius 1 is 0.852 bits per heavy atom. The predicted molar refractivity (Wildman–Crippen MR) is 195 cm³/mol. The maximum Gasteiger partial charge on any atom is 0.410 e. The molecule has 0 radical (unpaired) electrons. The lowest BCUT2D eigenvalue weighted by Gasteiger charge is -2.34. The lowest BCUT2D eigenvalue weighted by atomic mass is 10.0. The van der Waals surface area contributed by atoms with Crippen LogP contribution in [0.25, 0.3) is 0 Å². The standard InChI is InChI=1S/C36H53N7O11/c1-21(2)29(32(50)40-24(10-9-17-38-33(37)51)30(48)39-23-13-11-22(20-44)12-14-23)41-31(49)25(43-26(45)15-16-27(43)46)18-42(34(52)54-36(6,7)8)19-28(47)53-35(3,4)5/h11-16,21,24-25,29,44H,9-10,17-20H2,1-8H3,(H,39,48)(H,40,50)(H,41,49)(H3,37,38,51)/t24-,25+,29+/m1/s1. The lowest BCUT2D eigenvalue weighted by Crippen LogP contribution is -2.61. The van der Waals surface area contributed by atoms with Gasteiger partial charge >= 0.3 is 18.1 Å². The number of benzene rings is 1. The van der Waals surface area contributed by atoms with Gasteiger partial charge in [-0.2, -0.15) is 0 Å².